The van der Waals surface area contributed by atoms with Gasteiger partial charge in [0.2, 0.25) is 0 Å². The van der Waals surface area contributed by atoms with E-state index in [1.807, 2.05) is 48.3 Å². The first-order valence-electron chi connectivity index (χ1n) is 5.99. The summed E-state index contributed by atoms with van der Waals surface area (Å²) in [6.07, 6.45) is 1.60. The molecule has 2 aromatic rings. The molecule has 20 heavy (non-hydrogen) atoms. The highest BCUT2D eigenvalue weighted by Crippen LogP contribution is 2.19. The van der Waals surface area contributed by atoms with Crippen LogP contribution >= 0.6 is 24.2 Å². The van der Waals surface area contributed by atoms with Gasteiger partial charge in [-0.2, -0.15) is 0 Å². The lowest BCUT2D eigenvalue weighted by Gasteiger charge is -2.17. The van der Waals surface area contributed by atoms with E-state index in [0.29, 0.717) is 9.88 Å². The number of hydrogen-bond acceptors (Lipinski definition) is 4. The number of nitrogens with zero attached hydrogens (tertiary/aromatic N) is 2. The fourth-order valence-electron chi connectivity index (χ4n) is 1.54. The van der Waals surface area contributed by atoms with Gasteiger partial charge in [-0.1, -0.05) is 42.5 Å². The Morgan fingerprint density at radius 3 is 2.50 bits per heavy atom. The van der Waals surface area contributed by atoms with Crippen molar-refractivity contribution in [3.05, 3.63) is 60.2 Å². The number of hydrogen-bond donors (Lipinski definition) is 1. The highest BCUT2D eigenvalue weighted by atomic mass is 32.2. The van der Waals surface area contributed by atoms with Crippen molar-refractivity contribution < 1.29 is 5.11 Å². The number of para-hydroxylation sites is 2. The van der Waals surface area contributed by atoms with E-state index >= 15 is 0 Å². The van der Waals surface area contributed by atoms with Crippen LogP contribution in [0.15, 0.2) is 59.0 Å². The summed E-state index contributed by atoms with van der Waals surface area (Å²) in [5.74, 6) is 0.208. The summed E-state index contributed by atoms with van der Waals surface area (Å²) in [5.41, 5.74) is 1.69. The van der Waals surface area contributed by atoms with Crippen LogP contribution in [0.5, 0.6) is 5.75 Å². The molecule has 102 valence electrons. The van der Waals surface area contributed by atoms with Gasteiger partial charge >= 0.3 is 0 Å². The van der Waals surface area contributed by atoms with Crippen LogP contribution < -0.4 is 4.90 Å². The molecule has 0 spiro atoms. The topological polar surface area (TPSA) is 35.8 Å². The first kappa shape index (κ1) is 14.6. The van der Waals surface area contributed by atoms with E-state index in [-0.39, 0.29) is 5.75 Å². The summed E-state index contributed by atoms with van der Waals surface area (Å²) >= 11 is 6.52. The highest BCUT2D eigenvalue weighted by Gasteiger charge is 2.06. The molecular weight excluding hydrogens is 288 g/mol. The van der Waals surface area contributed by atoms with Crippen LogP contribution in [0, 0.1) is 0 Å². The lowest BCUT2D eigenvalue weighted by molar-refractivity contribution is 0.474. The molecule has 0 atom stereocenters. The SMILES string of the molecule is CN(C(=S)SN=Cc1ccccc1O)c1ccccc1. The second-order valence-corrected chi connectivity index (χ2v) is 5.47. The molecule has 0 bridgehead atoms. The van der Waals surface area contributed by atoms with Gasteiger partial charge in [-0.3, -0.25) is 0 Å². The third-order valence-electron chi connectivity index (χ3n) is 2.68. The average molecular weight is 302 g/mol. The number of benzene rings is 2. The molecule has 0 saturated heterocycles. The summed E-state index contributed by atoms with van der Waals surface area (Å²) in [6, 6.07) is 16.9. The highest BCUT2D eigenvalue weighted by molar-refractivity contribution is 8.22. The molecule has 0 amide bonds. The molecule has 0 heterocycles. The monoisotopic (exact) mass is 302 g/mol. The van der Waals surface area contributed by atoms with Crippen LogP contribution in [0.3, 0.4) is 0 Å². The van der Waals surface area contributed by atoms with Crippen molar-refractivity contribution in [3.63, 3.8) is 0 Å². The van der Waals surface area contributed by atoms with Gasteiger partial charge in [0.15, 0.2) is 4.32 Å². The number of thiocarbonyl (C=S) groups is 1. The van der Waals surface area contributed by atoms with E-state index in [4.69, 9.17) is 12.2 Å². The minimum absolute atomic E-state index is 0.208. The molecule has 0 radical (unpaired) electrons. The first-order valence-corrected chi connectivity index (χ1v) is 7.18. The number of phenolic OH excluding ortho intramolecular Hbond substituents is 1. The van der Waals surface area contributed by atoms with Crippen LogP contribution in [-0.4, -0.2) is 22.7 Å². The maximum Gasteiger partial charge on any atom is 0.163 e. The van der Waals surface area contributed by atoms with E-state index in [9.17, 15) is 5.11 Å². The Labute approximate surface area is 128 Å². The van der Waals surface area contributed by atoms with Crippen molar-refractivity contribution in [3.8, 4) is 5.75 Å². The van der Waals surface area contributed by atoms with Crippen LogP contribution in [-0.2, 0) is 0 Å². The van der Waals surface area contributed by atoms with Gasteiger partial charge in [0.05, 0.1) is 0 Å². The third-order valence-corrected chi connectivity index (χ3v) is 3.82. The second kappa shape index (κ2) is 7.07. The summed E-state index contributed by atoms with van der Waals surface area (Å²) < 4.78 is 4.84. The molecular formula is C15H14N2OS2. The van der Waals surface area contributed by atoms with Gasteiger partial charge in [-0.25, -0.2) is 4.40 Å². The fourth-order valence-corrected chi connectivity index (χ4v) is 2.26. The van der Waals surface area contributed by atoms with E-state index in [1.54, 1.807) is 24.4 Å². The van der Waals surface area contributed by atoms with Crippen molar-refractivity contribution in [1.29, 1.82) is 0 Å². The zero-order valence-electron chi connectivity index (χ0n) is 10.9. The Balaban J connectivity index is 1.97. The fraction of sp³-hybridized carbons (Fsp3) is 0.0667. The smallest absolute Gasteiger partial charge is 0.163 e. The number of rotatable bonds is 3. The molecule has 3 nitrogen and oxygen atoms in total. The second-order valence-electron chi connectivity index (χ2n) is 4.05. The quantitative estimate of drug-likeness (QED) is 0.530. The number of anilines is 1. The van der Waals surface area contributed by atoms with Crippen LogP contribution in [0.2, 0.25) is 0 Å². The molecule has 0 saturated carbocycles. The zero-order chi connectivity index (χ0) is 14.4. The minimum atomic E-state index is 0.208. The summed E-state index contributed by atoms with van der Waals surface area (Å²) in [4.78, 5) is 1.89. The predicted molar refractivity (Wildman–Crippen MR) is 90.7 cm³/mol. The Morgan fingerprint density at radius 2 is 1.80 bits per heavy atom. The normalized spacial score (nSPS) is 10.7. The van der Waals surface area contributed by atoms with Crippen LogP contribution in [0.1, 0.15) is 5.56 Å². The molecule has 5 heteroatoms. The van der Waals surface area contributed by atoms with E-state index in [2.05, 4.69) is 4.40 Å². The van der Waals surface area contributed by atoms with Crippen LogP contribution in [0.4, 0.5) is 5.69 Å². The molecule has 0 aliphatic heterocycles. The van der Waals surface area contributed by atoms with Crippen molar-refractivity contribution in [2.24, 2.45) is 4.40 Å². The van der Waals surface area contributed by atoms with Crippen molar-refractivity contribution in [2.75, 3.05) is 11.9 Å². The molecule has 0 unspecified atom stereocenters. The molecule has 1 N–H and O–H groups in total. The Morgan fingerprint density at radius 1 is 1.15 bits per heavy atom. The van der Waals surface area contributed by atoms with Gasteiger partial charge in [-0.05, 0) is 24.3 Å². The standard InChI is InChI=1S/C15H14N2OS2/c1-17(13-8-3-2-4-9-13)15(19)20-16-11-12-7-5-6-10-14(12)18/h2-11,18H,1H3. The lowest BCUT2D eigenvalue weighted by atomic mass is 10.2. The van der Waals surface area contributed by atoms with E-state index in [1.165, 1.54) is 11.9 Å². The van der Waals surface area contributed by atoms with Crippen molar-refractivity contribution in [2.45, 2.75) is 0 Å². The zero-order valence-corrected chi connectivity index (χ0v) is 12.6. The molecule has 2 aromatic carbocycles. The van der Waals surface area contributed by atoms with Gasteiger partial charge in [0, 0.05) is 36.5 Å². The van der Waals surface area contributed by atoms with Gasteiger partial charge < -0.3 is 10.0 Å². The number of phenols is 1. The predicted octanol–water partition coefficient (Wildman–Crippen LogP) is 3.88. The van der Waals surface area contributed by atoms with Crippen molar-refractivity contribution >= 4 is 40.4 Å². The largest absolute Gasteiger partial charge is 0.507 e. The molecule has 2 rings (SSSR count). The molecule has 0 fully saturated rings. The maximum atomic E-state index is 9.62. The Bertz CT molecular complexity index is 614. The summed E-state index contributed by atoms with van der Waals surface area (Å²) in [6.45, 7) is 0. The molecule has 0 aromatic heterocycles. The maximum absolute atomic E-state index is 9.62. The van der Waals surface area contributed by atoms with Crippen molar-refractivity contribution in [1.82, 2.24) is 0 Å². The molecule has 0 aliphatic carbocycles. The van der Waals surface area contributed by atoms with Gasteiger partial charge in [0.1, 0.15) is 5.75 Å². The first-order chi connectivity index (χ1) is 9.68. The summed E-state index contributed by atoms with van der Waals surface area (Å²) in [7, 11) is 1.90. The lowest BCUT2D eigenvalue weighted by Crippen LogP contribution is -2.20. The number of aromatic hydroxyl groups is 1. The third kappa shape index (κ3) is 3.82. The van der Waals surface area contributed by atoms with E-state index in [0.717, 1.165) is 5.69 Å². The van der Waals surface area contributed by atoms with Gasteiger partial charge in [-0.15, -0.1) is 0 Å². The van der Waals surface area contributed by atoms with E-state index < -0.39 is 0 Å². The minimum Gasteiger partial charge on any atom is -0.507 e. The Kier molecular flexibility index (Phi) is 5.15. The summed E-state index contributed by atoms with van der Waals surface area (Å²) in [5, 5.41) is 9.62. The average Bonchev–Trinajstić information content (AvgIpc) is 2.49. The van der Waals surface area contributed by atoms with Gasteiger partial charge in [0.25, 0.3) is 0 Å². The van der Waals surface area contributed by atoms with Crippen LogP contribution in [0.25, 0.3) is 0 Å². The Hall–Kier alpha value is -1.85. The molecule has 0 aliphatic rings.